The minimum absolute atomic E-state index is 0.0855. The Morgan fingerprint density at radius 3 is 0.747 bits per heavy atom. The molecule has 0 bridgehead atoms. The fourth-order valence-electron chi connectivity index (χ4n) is 9.94. The van der Waals surface area contributed by atoms with Crippen LogP contribution in [0.5, 0.6) is 0 Å². The van der Waals surface area contributed by atoms with E-state index in [9.17, 15) is 14.4 Å². The second kappa shape index (κ2) is 70.6. The summed E-state index contributed by atoms with van der Waals surface area (Å²) in [6, 6.07) is 0. The molecule has 6 nitrogen and oxygen atoms in total. The lowest BCUT2D eigenvalue weighted by molar-refractivity contribution is -0.167. The zero-order valence-electron chi connectivity index (χ0n) is 54.7. The van der Waals surface area contributed by atoms with Crippen LogP contribution in [0.25, 0.3) is 0 Å². The number of carbonyl (C=O) groups is 3. The maximum atomic E-state index is 13.0. The van der Waals surface area contributed by atoms with E-state index in [2.05, 4.69) is 130 Å². The Balaban J connectivity index is 4.36. The van der Waals surface area contributed by atoms with Crippen LogP contribution < -0.4 is 0 Å². The summed E-state index contributed by atoms with van der Waals surface area (Å²) in [4.78, 5) is 38.5. The van der Waals surface area contributed by atoms with E-state index in [0.29, 0.717) is 19.3 Å². The topological polar surface area (TPSA) is 78.9 Å². The molecule has 0 aromatic rings. The second-order valence-electron chi connectivity index (χ2n) is 23.4. The van der Waals surface area contributed by atoms with Gasteiger partial charge in [0.15, 0.2) is 6.10 Å². The summed E-state index contributed by atoms with van der Waals surface area (Å²) in [5.74, 6) is -0.893. The maximum Gasteiger partial charge on any atom is 0.306 e. The Labute approximate surface area is 514 Å². The van der Waals surface area contributed by atoms with Crippen molar-refractivity contribution in [2.75, 3.05) is 13.2 Å². The van der Waals surface area contributed by atoms with Gasteiger partial charge in [0.05, 0.1) is 0 Å². The fraction of sp³-hybridized carbons (Fsp3) is 0.727. The van der Waals surface area contributed by atoms with Crippen LogP contribution in [0.3, 0.4) is 0 Å². The first-order chi connectivity index (χ1) is 41.0. The lowest BCUT2D eigenvalue weighted by Crippen LogP contribution is -2.30. The van der Waals surface area contributed by atoms with Gasteiger partial charge in [0.25, 0.3) is 0 Å². The third-order valence-corrected chi connectivity index (χ3v) is 15.2. The Morgan fingerprint density at radius 1 is 0.253 bits per heavy atom. The molecule has 0 aliphatic rings. The molecule has 6 heteroatoms. The first-order valence-corrected chi connectivity index (χ1v) is 35.4. The van der Waals surface area contributed by atoms with Crippen molar-refractivity contribution < 1.29 is 28.6 Å². The molecular weight excluding hydrogens is 1020 g/mol. The predicted molar refractivity (Wildman–Crippen MR) is 362 cm³/mol. The van der Waals surface area contributed by atoms with Crippen molar-refractivity contribution in [3.05, 3.63) is 109 Å². The van der Waals surface area contributed by atoms with E-state index in [4.69, 9.17) is 14.2 Å². The van der Waals surface area contributed by atoms with E-state index >= 15 is 0 Å². The first-order valence-electron chi connectivity index (χ1n) is 35.4. The largest absolute Gasteiger partial charge is 0.462 e. The maximum absolute atomic E-state index is 13.0. The number of carbonyl (C=O) groups excluding carboxylic acids is 3. The molecular formula is C77H132O6. The summed E-state index contributed by atoms with van der Waals surface area (Å²) in [6.45, 7) is 6.54. The van der Waals surface area contributed by atoms with Crippen LogP contribution >= 0.6 is 0 Å². The van der Waals surface area contributed by atoms with Crippen LogP contribution in [-0.2, 0) is 28.6 Å². The van der Waals surface area contributed by atoms with Gasteiger partial charge in [-0.05, 0) is 128 Å². The number of hydrogen-bond acceptors (Lipinski definition) is 6. The molecule has 476 valence electrons. The molecule has 0 saturated heterocycles. The van der Waals surface area contributed by atoms with Crippen LogP contribution in [0, 0.1) is 0 Å². The standard InChI is InChI=1S/C77H132O6/c1-4-7-10-13-16-19-22-25-28-30-32-34-35-36-37-38-39-40-41-43-44-46-49-52-55-58-61-64-67-70-76(79)82-73-74(72-81-75(78)69-66-63-60-57-54-51-48-27-24-21-18-15-12-9-6-3)83-77(80)71-68-65-62-59-56-53-50-47-45-42-33-31-29-26-23-20-17-14-11-8-5-2/h7,10,16,19,25,27-28,31-34,36-37,39-40,43-44,48,74H,4-6,8-9,11-15,17-18,20-24,26,29-30,35,38,41-42,45-47,49-73H2,1-3H3/b10-7-,19-16-,28-25-,33-31-,34-32-,37-36-,40-39-,44-43-,48-27-. The van der Waals surface area contributed by atoms with E-state index in [1.165, 1.54) is 186 Å². The highest BCUT2D eigenvalue weighted by Gasteiger charge is 2.19. The summed E-state index contributed by atoms with van der Waals surface area (Å²) in [7, 11) is 0. The van der Waals surface area contributed by atoms with Crippen LogP contribution in [0.15, 0.2) is 109 Å². The van der Waals surface area contributed by atoms with E-state index in [0.717, 1.165) is 116 Å². The minimum Gasteiger partial charge on any atom is -0.462 e. The first kappa shape index (κ1) is 79.1. The summed E-state index contributed by atoms with van der Waals surface area (Å²) < 4.78 is 17.0. The predicted octanol–water partition coefficient (Wildman–Crippen LogP) is 24.6. The number of hydrogen-bond donors (Lipinski definition) is 0. The highest BCUT2D eigenvalue weighted by Crippen LogP contribution is 2.16. The van der Waals surface area contributed by atoms with Crippen molar-refractivity contribution >= 4 is 17.9 Å². The second-order valence-corrected chi connectivity index (χ2v) is 23.4. The zero-order valence-corrected chi connectivity index (χ0v) is 54.7. The van der Waals surface area contributed by atoms with Gasteiger partial charge in [-0.3, -0.25) is 14.4 Å². The number of esters is 3. The molecule has 0 aromatic heterocycles. The molecule has 1 atom stereocenters. The molecule has 0 aliphatic heterocycles. The van der Waals surface area contributed by atoms with E-state index in [1.807, 2.05) is 0 Å². The van der Waals surface area contributed by atoms with Crippen LogP contribution in [0.4, 0.5) is 0 Å². The third-order valence-electron chi connectivity index (χ3n) is 15.2. The van der Waals surface area contributed by atoms with Crippen molar-refractivity contribution in [3.8, 4) is 0 Å². The Hall–Kier alpha value is -3.93. The van der Waals surface area contributed by atoms with Gasteiger partial charge in [-0.15, -0.1) is 0 Å². The van der Waals surface area contributed by atoms with Gasteiger partial charge in [0.2, 0.25) is 0 Å². The fourth-order valence-corrected chi connectivity index (χ4v) is 9.94. The molecule has 83 heavy (non-hydrogen) atoms. The van der Waals surface area contributed by atoms with Gasteiger partial charge < -0.3 is 14.2 Å². The average Bonchev–Trinajstić information content (AvgIpc) is 3.49. The zero-order chi connectivity index (χ0) is 59.9. The van der Waals surface area contributed by atoms with Crippen LogP contribution in [-0.4, -0.2) is 37.2 Å². The normalized spacial score (nSPS) is 12.8. The molecule has 0 heterocycles. The van der Waals surface area contributed by atoms with Gasteiger partial charge in [-0.1, -0.05) is 304 Å². The lowest BCUT2D eigenvalue weighted by Gasteiger charge is -2.18. The summed E-state index contributed by atoms with van der Waals surface area (Å²) in [5, 5.41) is 0. The molecule has 1 unspecified atom stereocenters. The van der Waals surface area contributed by atoms with Crippen LogP contribution in [0.1, 0.15) is 342 Å². The monoisotopic (exact) mass is 1150 g/mol. The third kappa shape index (κ3) is 68.7. The van der Waals surface area contributed by atoms with Crippen molar-refractivity contribution in [3.63, 3.8) is 0 Å². The van der Waals surface area contributed by atoms with E-state index in [-0.39, 0.29) is 31.1 Å². The number of ether oxygens (including phenoxy) is 3. The van der Waals surface area contributed by atoms with Crippen molar-refractivity contribution in [1.82, 2.24) is 0 Å². The highest BCUT2D eigenvalue weighted by molar-refractivity contribution is 5.71. The Morgan fingerprint density at radius 2 is 0.470 bits per heavy atom. The molecule has 0 aromatic carbocycles. The van der Waals surface area contributed by atoms with Gasteiger partial charge in [-0.2, -0.15) is 0 Å². The number of rotatable bonds is 64. The van der Waals surface area contributed by atoms with Gasteiger partial charge in [-0.25, -0.2) is 0 Å². The smallest absolute Gasteiger partial charge is 0.306 e. The lowest BCUT2D eigenvalue weighted by atomic mass is 10.1. The summed E-state index contributed by atoms with van der Waals surface area (Å²) in [5.41, 5.74) is 0. The summed E-state index contributed by atoms with van der Waals surface area (Å²) in [6.07, 6.45) is 96.8. The Kier molecular flexibility index (Phi) is 67.2. The molecule has 0 aliphatic carbocycles. The van der Waals surface area contributed by atoms with Crippen molar-refractivity contribution in [2.24, 2.45) is 0 Å². The van der Waals surface area contributed by atoms with Crippen molar-refractivity contribution in [2.45, 2.75) is 348 Å². The van der Waals surface area contributed by atoms with Gasteiger partial charge in [0, 0.05) is 19.3 Å². The molecule has 0 radical (unpaired) electrons. The van der Waals surface area contributed by atoms with E-state index < -0.39 is 6.10 Å². The summed E-state index contributed by atoms with van der Waals surface area (Å²) >= 11 is 0. The molecule has 0 fully saturated rings. The molecule has 0 saturated carbocycles. The molecule has 0 spiro atoms. The van der Waals surface area contributed by atoms with Gasteiger partial charge >= 0.3 is 17.9 Å². The van der Waals surface area contributed by atoms with Gasteiger partial charge in [0.1, 0.15) is 13.2 Å². The molecule has 0 rings (SSSR count). The quantitative estimate of drug-likeness (QED) is 0.0261. The van der Waals surface area contributed by atoms with Crippen molar-refractivity contribution in [1.29, 1.82) is 0 Å². The number of allylic oxidation sites excluding steroid dienone is 18. The van der Waals surface area contributed by atoms with Crippen LogP contribution in [0.2, 0.25) is 0 Å². The molecule has 0 N–H and O–H groups in total. The average molecular weight is 1150 g/mol. The van der Waals surface area contributed by atoms with E-state index in [1.54, 1.807) is 0 Å². The molecule has 0 amide bonds. The SMILES string of the molecule is CC/C=C\C/C=C\C/C=C\C/C=C\C/C=C\C/C=C\C/C=C\CCCCCCCCCC(=O)OCC(COC(=O)CCCCCCC/C=C\CCCCCCCC)OC(=O)CCCCCCCCCCC/C=C\CCCCCCCCCC. The highest BCUT2D eigenvalue weighted by atomic mass is 16.6. The Bertz CT molecular complexity index is 1660. The minimum atomic E-state index is -0.790. The number of unbranched alkanes of at least 4 members (excludes halogenated alkanes) is 35.